The van der Waals surface area contributed by atoms with Crippen molar-refractivity contribution >= 4 is 5.91 Å². The van der Waals surface area contributed by atoms with Gasteiger partial charge in [-0.05, 0) is 48.1 Å². The highest BCUT2D eigenvalue weighted by Crippen LogP contribution is 2.36. The van der Waals surface area contributed by atoms with E-state index in [4.69, 9.17) is 15.2 Å². The minimum Gasteiger partial charge on any atom is -0.371 e. The minimum atomic E-state index is -0.577. The number of rotatable bonds is 4. The van der Waals surface area contributed by atoms with Gasteiger partial charge in [0.25, 0.3) is 5.91 Å². The fourth-order valence-corrected chi connectivity index (χ4v) is 4.56. The van der Waals surface area contributed by atoms with Crippen LogP contribution in [0.15, 0.2) is 48.5 Å². The molecule has 0 unspecified atom stereocenters. The van der Waals surface area contributed by atoms with E-state index in [1.807, 2.05) is 17.0 Å². The lowest BCUT2D eigenvalue weighted by atomic mass is 9.87. The number of carbonyl (C=O) groups excluding carboxylic acids is 1. The first-order valence-electron chi connectivity index (χ1n) is 10.8. The molecule has 1 saturated heterocycles. The van der Waals surface area contributed by atoms with Crippen LogP contribution in [-0.2, 0) is 20.7 Å². The van der Waals surface area contributed by atoms with Gasteiger partial charge in [0.05, 0.1) is 24.9 Å². The van der Waals surface area contributed by atoms with Crippen molar-refractivity contribution in [3.8, 4) is 0 Å². The van der Waals surface area contributed by atoms with E-state index in [1.54, 1.807) is 12.1 Å². The molecular weight excluding hydrogens is 383 g/mol. The van der Waals surface area contributed by atoms with Crippen LogP contribution < -0.4 is 5.73 Å². The molecule has 5 nitrogen and oxygen atoms in total. The average Bonchev–Trinajstić information content (AvgIpc) is 3.59. The molecule has 0 bridgehead atoms. The van der Waals surface area contributed by atoms with E-state index in [0.29, 0.717) is 25.7 Å². The number of nitrogens with zero attached hydrogens (tertiary/aromatic N) is 1. The highest BCUT2D eigenvalue weighted by atomic mass is 19.1. The number of nitrogens with two attached hydrogens (primary N) is 1. The predicted octanol–water partition coefficient (Wildman–Crippen LogP) is 2.96. The van der Waals surface area contributed by atoms with Gasteiger partial charge in [-0.25, -0.2) is 4.39 Å². The topological polar surface area (TPSA) is 64.8 Å². The van der Waals surface area contributed by atoms with Gasteiger partial charge in [-0.1, -0.05) is 36.4 Å². The zero-order valence-electron chi connectivity index (χ0n) is 16.9. The fourth-order valence-electron chi connectivity index (χ4n) is 4.56. The summed E-state index contributed by atoms with van der Waals surface area (Å²) in [6, 6.07) is 14.1. The zero-order valence-corrected chi connectivity index (χ0v) is 16.9. The SMILES string of the molecule is N[C@H]1C[C@H](C(=O)N2CCc3ccccc3[C@@H]2c2ccc(F)cc2)OC[C@@H]1OC1CC1. The summed E-state index contributed by atoms with van der Waals surface area (Å²) >= 11 is 0. The number of hydrogen-bond donors (Lipinski definition) is 1. The summed E-state index contributed by atoms with van der Waals surface area (Å²) in [6.07, 6.45) is 2.98. The van der Waals surface area contributed by atoms with Gasteiger partial charge in [-0.15, -0.1) is 0 Å². The Morgan fingerprint density at radius 1 is 1.13 bits per heavy atom. The lowest BCUT2D eigenvalue weighted by Gasteiger charge is -2.41. The van der Waals surface area contributed by atoms with Crippen LogP contribution in [0, 0.1) is 5.82 Å². The quantitative estimate of drug-likeness (QED) is 0.842. The summed E-state index contributed by atoms with van der Waals surface area (Å²) in [5, 5.41) is 0. The molecule has 158 valence electrons. The highest BCUT2D eigenvalue weighted by molar-refractivity contribution is 5.82. The molecule has 6 heteroatoms. The van der Waals surface area contributed by atoms with Crippen LogP contribution in [0.25, 0.3) is 0 Å². The van der Waals surface area contributed by atoms with Crippen LogP contribution >= 0.6 is 0 Å². The first kappa shape index (κ1) is 19.7. The van der Waals surface area contributed by atoms with Gasteiger partial charge in [0.2, 0.25) is 0 Å². The standard InChI is InChI=1S/C24H27FN2O3/c25-17-7-5-16(6-8-17)23-19-4-2-1-3-15(19)11-12-27(23)24(28)21-13-20(26)22(14-29-21)30-18-9-10-18/h1-8,18,20-23H,9-14,26H2/t20-,21+,22-,23-/m0/s1. The number of ether oxygens (including phenoxy) is 2. The van der Waals surface area contributed by atoms with Crippen molar-refractivity contribution in [2.75, 3.05) is 13.2 Å². The molecule has 2 aromatic carbocycles. The number of hydrogen-bond acceptors (Lipinski definition) is 4. The molecular formula is C24H27FN2O3. The molecule has 2 N–H and O–H groups in total. The highest BCUT2D eigenvalue weighted by Gasteiger charge is 2.41. The molecule has 1 saturated carbocycles. The van der Waals surface area contributed by atoms with Gasteiger partial charge in [0, 0.05) is 19.0 Å². The molecule has 1 aliphatic carbocycles. The number of carbonyl (C=O) groups is 1. The lowest BCUT2D eigenvalue weighted by Crippen LogP contribution is -2.54. The maximum absolute atomic E-state index is 13.5. The maximum Gasteiger partial charge on any atom is 0.252 e. The molecule has 2 aliphatic heterocycles. The molecule has 1 amide bonds. The van der Waals surface area contributed by atoms with Crippen molar-refractivity contribution in [1.29, 1.82) is 0 Å². The van der Waals surface area contributed by atoms with Crippen molar-refractivity contribution < 1.29 is 18.7 Å². The van der Waals surface area contributed by atoms with Crippen molar-refractivity contribution in [1.82, 2.24) is 4.90 Å². The third kappa shape index (κ3) is 3.87. The second-order valence-corrected chi connectivity index (χ2v) is 8.53. The summed E-state index contributed by atoms with van der Waals surface area (Å²) in [7, 11) is 0. The third-order valence-corrected chi connectivity index (χ3v) is 6.34. The lowest BCUT2D eigenvalue weighted by molar-refractivity contribution is -0.158. The fraction of sp³-hybridized carbons (Fsp3) is 0.458. The number of fused-ring (bicyclic) bond motifs is 1. The normalized spacial score (nSPS) is 28.8. The molecule has 30 heavy (non-hydrogen) atoms. The molecule has 3 aliphatic rings. The van der Waals surface area contributed by atoms with E-state index >= 15 is 0 Å². The molecule has 2 fully saturated rings. The number of amides is 1. The van der Waals surface area contributed by atoms with Crippen LogP contribution in [0.3, 0.4) is 0 Å². The Kier molecular flexibility index (Phi) is 5.31. The van der Waals surface area contributed by atoms with Crippen LogP contribution in [0.5, 0.6) is 0 Å². The van der Waals surface area contributed by atoms with Crippen LogP contribution in [-0.4, -0.2) is 48.3 Å². The average molecular weight is 410 g/mol. The molecule has 5 rings (SSSR count). The largest absolute Gasteiger partial charge is 0.371 e. The second-order valence-electron chi connectivity index (χ2n) is 8.53. The Morgan fingerprint density at radius 2 is 1.90 bits per heavy atom. The first-order valence-corrected chi connectivity index (χ1v) is 10.8. The van der Waals surface area contributed by atoms with Gasteiger partial charge in [0.1, 0.15) is 11.9 Å². The van der Waals surface area contributed by atoms with Gasteiger partial charge >= 0.3 is 0 Å². The van der Waals surface area contributed by atoms with Gasteiger partial charge < -0.3 is 20.1 Å². The summed E-state index contributed by atoms with van der Waals surface area (Å²) in [5.41, 5.74) is 9.53. The minimum absolute atomic E-state index is 0.0563. The van der Waals surface area contributed by atoms with Crippen molar-refractivity contribution in [2.45, 2.75) is 56.1 Å². The van der Waals surface area contributed by atoms with Crippen LogP contribution in [0.1, 0.15) is 42.0 Å². The van der Waals surface area contributed by atoms with E-state index in [-0.39, 0.29) is 29.9 Å². The van der Waals surface area contributed by atoms with Gasteiger partial charge in [0.15, 0.2) is 0 Å². The van der Waals surface area contributed by atoms with Crippen molar-refractivity contribution in [3.05, 3.63) is 71.0 Å². The summed E-state index contributed by atoms with van der Waals surface area (Å²) in [4.78, 5) is 15.4. The summed E-state index contributed by atoms with van der Waals surface area (Å²) in [6.45, 7) is 0.939. The molecule has 2 aromatic rings. The van der Waals surface area contributed by atoms with Gasteiger partial charge in [-0.2, -0.15) is 0 Å². The third-order valence-electron chi connectivity index (χ3n) is 6.34. The van der Waals surface area contributed by atoms with E-state index in [9.17, 15) is 9.18 Å². The first-order chi connectivity index (χ1) is 14.6. The number of halogens is 1. The Hall–Kier alpha value is -2.28. The van der Waals surface area contributed by atoms with Crippen LogP contribution in [0.4, 0.5) is 4.39 Å². The van der Waals surface area contributed by atoms with Crippen molar-refractivity contribution in [2.24, 2.45) is 5.73 Å². The van der Waals surface area contributed by atoms with Gasteiger partial charge in [-0.3, -0.25) is 4.79 Å². The number of benzene rings is 2. The smallest absolute Gasteiger partial charge is 0.252 e. The maximum atomic E-state index is 13.5. The van der Waals surface area contributed by atoms with Crippen molar-refractivity contribution in [3.63, 3.8) is 0 Å². The molecule has 0 aromatic heterocycles. The monoisotopic (exact) mass is 410 g/mol. The molecule has 4 atom stereocenters. The molecule has 0 spiro atoms. The summed E-state index contributed by atoms with van der Waals surface area (Å²) in [5.74, 6) is -0.344. The second kappa shape index (κ2) is 8.10. The Morgan fingerprint density at radius 3 is 2.63 bits per heavy atom. The Balaban J connectivity index is 1.39. The van der Waals surface area contributed by atoms with E-state index in [2.05, 4.69) is 12.1 Å². The molecule has 2 heterocycles. The Bertz CT molecular complexity index is 915. The predicted molar refractivity (Wildman–Crippen MR) is 110 cm³/mol. The van der Waals surface area contributed by atoms with E-state index in [0.717, 1.165) is 30.4 Å². The van der Waals surface area contributed by atoms with E-state index < -0.39 is 6.10 Å². The Labute approximate surface area is 176 Å². The molecule has 0 radical (unpaired) electrons. The van der Waals surface area contributed by atoms with E-state index in [1.165, 1.54) is 17.7 Å². The summed E-state index contributed by atoms with van der Waals surface area (Å²) < 4.78 is 25.4. The zero-order chi connectivity index (χ0) is 20.7. The van der Waals surface area contributed by atoms with Crippen LogP contribution in [0.2, 0.25) is 0 Å².